The second-order valence-electron chi connectivity index (χ2n) is 5.03. The molecule has 2 aliphatic rings. The Hall–Kier alpha value is -0.320. The van der Waals surface area contributed by atoms with E-state index in [4.69, 9.17) is 4.74 Å². The predicted octanol–water partition coefficient (Wildman–Crippen LogP) is 1.09. The Labute approximate surface area is 109 Å². The number of morpholine rings is 1. The second kappa shape index (κ2) is 6.57. The van der Waals surface area contributed by atoms with Gasteiger partial charge in [0, 0.05) is 19.6 Å². The zero-order valence-corrected chi connectivity index (χ0v) is 11.3. The number of carbonyl (C=O) groups excluding carboxylic acids is 1. The monoisotopic (exact) mass is 262 g/mol. The molecule has 2 fully saturated rings. The van der Waals surface area contributed by atoms with Crippen LogP contribution in [-0.4, -0.2) is 38.3 Å². The van der Waals surface area contributed by atoms with Gasteiger partial charge in [0.15, 0.2) is 0 Å². The summed E-state index contributed by atoms with van der Waals surface area (Å²) in [4.78, 5) is 11.8. The van der Waals surface area contributed by atoms with Crippen molar-refractivity contribution in [3.8, 4) is 0 Å². The van der Waals surface area contributed by atoms with Crippen molar-refractivity contribution in [1.82, 2.24) is 10.6 Å². The quantitative estimate of drug-likeness (QED) is 0.780. The third-order valence-electron chi connectivity index (χ3n) is 3.60. The van der Waals surface area contributed by atoms with Crippen molar-refractivity contribution in [2.75, 3.05) is 26.2 Å². The molecule has 4 nitrogen and oxygen atoms in total. The number of amides is 1. The number of rotatable bonds is 5. The van der Waals surface area contributed by atoms with E-state index in [0.717, 1.165) is 13.1 Å². The largest absolute Gasteiger partial charge is 0.366 e. The molecule has 2 rings (SSSR count). The van der Waals surface area contributed by atoms with Crippen LogP contribution in [0.15, 0.2) is 0 Å². The summed E-state index contributed by atoms with van der Waals surface area (Å²) in [7, 11) is 0. The minimum atomic E-state index is -0.286. The van der Waals surface area contributed by atoms with Gasteiger partial charge in [-0.05, 0) is 24.7 Å². The molecule has 1 atom stereocenters. The van der Waals surface area contributed by atoms with Gasteiger partial charge in [0.1, 0.15) is 6.10 Å². The average Bonchev–Trinajstić information content (AvgIpc) is 3.08. The van der Waals surface area contributed by atoms with Gasteiger partial charge in [-0.15, -0.1) is 12.4 Å². The van der Waals surface area contributed by atoms with Crippen LogP contribution in [0.2, 0.25) is 0 Å². The second-order valence-corrected chi connectivity index (χ2v) is 5.03. The van der Waals surface area contributed by atoms with Gasteiger partial charge in [-0.3, -0.25) is 4.79 Å². The van der Waals surface area contributed by atoms with E-state index in [1.54, 1.807) is 0 Å². The van der Waals surface area contributed by atoms with E-state index in [1.807, 2.05) is 0 Å². The maximum atomic E-state index is 11.8. The number of hydrogen-bond donors (Lipinski definition) is 2. The number of ether oxygens (including phenoxy) is 1. The molecule has 0 bridgehead atoms. The molecule has 1 saturated heterocycles. The van der Waals surface area contributed by atoms with Crippen LogP contribution in [0.3, 0.4) is 0 Å². The summed E-state index contributed by atoms with van der Waals surface area (Å²) < 4.78 is 5.41. The average molecular weight is 263 g/mol. The number of hydrogen-bond acceptors (Lipinski definition) is 3. The van der Waals surface area contributed by atoms with Crippen molar-refractivity contribution in [3.63, 3.8) is 0 Å². The molecule has 2 N–H and O–H groups in total. The molecule has 0 aromatic heterocycles. The lowest BCUT2D eigenvalue weighted by atomic mass is 10.0. The van der Waals surface area contributed by atoms with Crippen LogP contribution in [0.1, 0.15) is 32.6 Å². The van der Waals surface area contributed by atoms with Crippen LogP contribution in [0.4, 0.5) is 0 Å². The van der Waals surface area contributed by atoms with Gasteiger partial charge in [-0.1, -0.05) is 13.3 Å². The van der Waals surface area contributed by atoms with Crippen molar-refractivity contribution in [2.45, 2.75) is 38.7 Å². The SMILES string of the molecule is CCCC1(CNC(=O)C2CNCCO2)CC1.Cl. The van der Waals surface area contributed by atoms with E-state index < -0.39 is 0 Å². The van der Waals surface area contributed by atoms with Gasteiger partial charge in [-0.25, -0.2) is 0 Å². The van der Waals surface area contributed by atoms with E-state index in [1.165, 1.54) is 25.7 Å². The molecule has 0 radical (unpaired) electrons. The topological polar surface area (TPSA) is 50.4 Å². The Morgan fingerprint density at radius 3 is 2.82 bits per heavy atom. The Morgan fingerprint density at radius 1 is 1.53 bits per heavy atom. The number of nitrogens with one attached hydrogen (secondary N) is 2. The van der Waals surface area contributed by atoms with Gasteiger partial charge < -0.3 is 15.4 Å². The zero-order chi connectivity index (χ0) is 11.4. The highest BCUT2D eigenvalue weighted by molar-refractivity contribution is 5.85. The maximum absolute atomic E-state index is 11.8. The fraction of sp³-hybridized carbons (Fsp3) is 0.917. The highest BCUT2D eigenvalue weighted by atomic mass is 35.5. The molecular formula is C12H23ClN2O2. The van der Waals surface area contributed by atoms with Crippen LogP contribution >= 0.6 is 12.4 Å². The van der Waals surface area contributed by atoms with E-state index >= 15 is 0 Å². The summed E-state index contributed by atoms with van der Waals surface area (Å²) in [5.74, 6) is 0.0505. The Kier molecular flexibility index (Phi) is 5.70. The first-order chi connectivity index (χ1) is 7.76. The van der Waals surface area contributed by atoms with E-state index in [-0.39, 0.29) is 24.4 Å². The summed E-state index contributed by atoms with van der Waals surface area (Å²) in [6, 6.07) is 0. The van der Waals surface area contributed by atoms with Gasteiger partial charge in [0.25, 0.3) is 0 Å². The Bertz CT molecular complexity index is 251. The molecule has 0 aromatic rings. The first kappa shape index (κ1) is 14.7. The van der Waals surface area contributed by atoms with Crippen molar-refractivity contribution in [1.29, 1.82) is 0 Å². The molecule has 0 spiro atoms. The molecule has 100 valence electrons. The highest BCUT2D eigenvalue weighted by Crippen LogP contribution is 2.48. The van der Waals surface area contributed by atoms with Gasteiger partial charge in [0.2, 0.25) is 5.91 Å². The van der Waals surface area contributed by atoms with Gasteiger partial charge in [0.05, 0.1) is 6.61 Å². The fourth-order valence-electron chi connectivity index (χ4n) is 2.34. The molecule has 1 aliphatic carbocycles. The fourth-order valence-corrected chi connectivity index (χ4v) is 2.34. The van der Waals surface area contributed by atoms with Crippen LogP contribution in [0.5, 0.6) is 0 Å². The molecule has 1 amide bonds. The molecule has 0 aromatic carbocycles. The summed E-state index contributed by atoms with van der Waals surface area (Å²) in [6.45, 7) is 5.17. The standard InChI is InChI=1S/C12H22N2O2.ClH/c1-2-3-12(4-5-12)9-14-11(15)10-8-13-6-7-16-10;/h10,13H,2-9H2,1H3,(H,14,15);1H. The van der Waals surface area contributed by atoms with Crippen LogP contribution < -0.4 is 10.6 Å². The minimum absolute atomic E-state index is 0. The zero-order valence-electron chi connectivity index (χ0n) is 10.5. The van der Waals surface area contributed by atoms with Gasteiger partial charge >= 0.3 is 0 Å². The first-order valence-electron chi connectivity index (χ1n) is 6.36. The smallest absolute Gasteiger partial charge is 0.250 e. The van der Waals surface area contributed by atoms with Crippen molar-refractivity contribution >= 4 is 18.3 Å². The lowest BCUT2D eigenvalue weighted by molar-refractivity contribution is -0.134. The molecular weight excluding hydrogens is 240 g/mol. The van der Waals surface area contributed by atoms with Crippen LogP contribution in [0, 0.1) is 5.41 Å². The van der Waals surface area contributed by atoms with Gasteiger partial charge in [-0.2, -0.15) is 0 Å². The molecule has 1 unspecified atom stereocenters. The number of halogens is 1. The maximum Gasteiger partial charge on any atom is 0.250 e. The van der Waals surface area contributed by atoms with Crippen molar-refractivity contribution in [2.24, 2.45) is 5.41 Å². The molecule has 1 aliphatic heterocycles. The molecule has 1 saturated carbocycles. The summed E-state index contributed by atoms with van der Waals surface area (Å²) in [5.41, 5.74) is 0.423. The Balaban J connectivity index is 0.00000144. The van der Waals surface area contributed by atoms with E-state index in [0.29, 0.717) is 18.6 Å². The van der Waals surface area contributed by atoms with Crippen molar-refractivity contribution < 1.29 is 9.53 Å². The van der Waals surface area contributed by atoms with Crippen LogP contribution in [-0.2, 0) is 9.53 Å². The lowest BCUT2D eigenvalue weighted by Gasteiger charge is -2.24. The minimum Gasteiger partial charge on any atom is -0.366 e. The third kappa shape index (κ3) is 4.12. The predicted molar refractivity (Wildman–Crippen MR) is 69.4 cm³/mol. The Morgan fingerprint density at radius 2 is 2.29 bits per heavy atom. The first-order valence-corrected chi connectivity index (χ1v) is 6.36. The molecule has 1 heterocycles. The normalized spacial score (nSPS) is 25.8. The molecule has 5 heteroatoms. The highest BCUT2D eigenvalue weighted by Gasteiger charge is 2.41. The summed E-state index contributed by atoms with van der Waals surface area (Å²) >= 11 is 0. The van der Waals surface area contributed by atoms with E-state index in [2.05, 4.69) is 17.6 Å². The number of carbonyl (C=O) groups is 1. The van der Waals surface area contributed by atoms with E-state index in [9.17, 15) is 4.79 Å². The lowest BCUT2D eigenvalue weighted by Crippen LogP contribution is -2.48. The third-order valence-corrected chi connectivity index (χ3v) is 3.60. The molecule has 17 heavy (non-hydrogen) atoms. The summed E-state index contributed by atoms with van der Waals surface area (Å²) in [5, 5.41) is 6.20. The van der Waals surface area contributed by atoms with Crippen LogP contribution in [0.25, 0.3) is 0 Å². The summed E-state index contributed by atoms with van der Waals surface area (Å²) in [6.07, 6.45) is 4.69. The van der Waals surface area contributed by atoms with Crippen molar-refractivity contribution in [3.05, 3.63) is 0 Å².